The van der Waals surface area contributed by atoms with Crippen LogP contribution in [-0.2, 0) is 16.4 Å². The maximum atomic E-state index is 11.1. The van der Waals surface area contributed by atoms with E-state index in [9.17, 15) is 8.42 Å². The highest BCUT2D eigenvalue weighted by Crippen LogP contribution is 2.04. The molecule has 1 aromatic heterocycles. The van der Waals surface area contributed by atoms with Crippen LogP contribution in [0.4, 0.5) is 0 Å². The number of pyridine rings is 1. The highest BCUT2D eigenvalue weighted by Gasteiger charge is 2.09. The van der Waals surface area contributed by atoms with Crippen molar-refractivity contribution in [3.05, 3.63) is 29.0 Å². The van der Waals surface area contributed by atoms with Crippen molar-refractivity contribution in [2.45, 2.75) is 25.9 Å². The third-order valence-corrected chi connectivity index (χ3v) is 3.98. The smallest absolute Gasteiger partial charge is 0.191 e. The Bertz CT molecular complexity index is 578. The molecule has 22 heavy (non-hydrogen) atoms. The predicted molar refractivity (Wildman–Crippen MR) is 102 cm³/mol. The van der Waals surface area contributed by atoms with E-state index in [0.717, 1.165) is 5.56 Å². The van der Waals surface area contributed by atoms with Crippen molar-refractivity contribution in [2.75, 3.05) is 19.1 Å². The Kier molecular flexibility index (Phi) is 9.94. The molecule has 9 heteroatoms. The molecule has 0 aliphatic heterocycles. The van der Waals surface area contributed by atoms with Crippen LogP contribution >= 0.6 is 35.6 Å². The summed E-state index contributed by atoms with van der Waals surface area (Å²) >= 11 is 5.73. The molecule has 0 radical (unpaired) electrons. The zero-order valence-corrected chi connectivity index (χ0v) is 16.7. The van der Waals surface area contributed by atoms with Gasteiger partial charge in [0.2, 0.25) is 0 Å². The highest BCUT2D eigenvalue weighted by atomic mass is 127. The monoisotopic (exact) mass is 460 g/mol. The second kappa shape index (κ2) is 10.2. The molecule has 0 fully saturated rings. The van der Waals surface area contributed by atoms with Gasteiger partial charge in [-0.05, 0) is 25.0 Å². The van der Waals surface area contributed by atoms with Crippen LogP contribution in [0.25, 0.3) is 0 Å². The number of sulfone groups is 1. The van der Waals surface area contributed by atoms with Gasteiger partial charge in [0, 0.05) is 32.1 Å². The summed E-state index contributed by atoms with van der Waals surface area (Å²) in [6.07, 6.45) is 3.46. The van der Waals surface area contributed by atoms with E-state index in [4.69, 9.17) is 11.6 Å². The molecule has 0 aliphatic carbocycles. The summed E-state index contributed by atoms with van der Waals surface area (Å²) in [5.41, 5.74) is 0.978. The molecular weight excluding hydrogens is 439 g/mol. The third kappa shape index (κ3) is 9.42. The molecule has 0 saturated heterocycles. The Labute approximate surface area is 154 Å². The lowest BCUT2D eigenvalue weighted by atomic mass is 10.2. The number of aromatic nitrogens is 1. The van der Waals surface area contributed by atoms with E-state index in [1.165, 1.54) is 6.26 Å². The maximum absolute atomic E-state index is 11.1. The number of nitrogens with one attached hydrogen (secondary N) is 2. The van der Waals surface area contributed by atoms with Crippen LogP contribution in [-0.4, -0.2) is 44.5 Å². The molecule has 2 N–H and O–H groups in total. The minimum absolute atomic E-state index is 0. The van der Waals surface area contributed by atoms with Gasteiger partial charge in [-0.2, -0.15) is 0 Å². The van der Waals surface area contributed by atoms with Gasteiger partial charge in [0.05, 0.1) is 5.75 Å². The number of hydrogen-bond acceptors (Lipinski definition) is 4. The average molecular weight is 461 g/mol. The van der Waals surface area contributed by atoms with E-state index in [1.807, 2.05) is 13.0 Å². The van der Waals surface area contributed by atoms with E-state index in [1.54, 1.807) is 19.3 Å². The van der Waals surface area contributed by atoms with E-state index in [0.29, 0.717) is 24.1 Å². The Morgan fingerprint density at radius 1 is 1.45 bits per heavy atom. The molecule has 0 aromatic carbocycles. The molecule has 0 bridgehead atoms. The highest BCUT2D eigenvalue weighted by molar-refractivity contribution is 14.0. The van der Waals surface area contributed by atoms with Crippen molar-refractivity contribution in [1.29, 1.82) is 0 Å². The van der Waals surface area contributed by atoms with Crippen molar-refractivity contribution >= 4 is 51.4 Å². The predicted octanol–water partition coefficient (Wildman–Crippen LogP) is 1.84. The molecule has 0 spiro atoms. The van der Waals surface area contributed by atoms with Crippen LogP contribution in [0, 0.1) is 0 Å². The fourth-order valence-corrected chi connectivity index (χ4v) is 2.48. The van der Waals surface area contributed by atoms with Gasteiger partial charge in [-0.3, -0.25) is 4.99 Å². The first kappa shape index (κ1) is 21.4. The second-order valence-electron chi connectivity index (χ2n) is 4.88. The van der Waals surface area contributed by atoms with E-state index < -0.39 is 9.84 Å². The van der Waals surface area contributed by atoms with Crippen molar-refractivity contribution in [2.24, 2.45) is 4.99 Å². The van der Waals surface area contributed by atoms with Crippen LogP contribution < -0.4 is 10.6 Å². The SMILES string of the molecule is CN=C(NCc1ccc(Cl)nc1)NC(C)CCS(C)(=O)=O.I. The van der Waals surface area contributed by atoms with Gasteiger partial charge in [-0.15, -0.1) is 24.0 Å². The van der Waals surface area contributed by atoms with Crippen LogP contribution in [0.2, 0.25) is 5.15 Å². The quantitative estimate of drug-likeness (QED) is 0.293. The van der Waals surface area contributed by atoms with Gasteiger partial charge in [0.1, 0.15) is 15.0 Å². The number of rotatable bonds is 6. The number of nitrogens with zero attached hydrogens (tertiary/aromatic N) is 2. The van der Waals surface area contributed by atoms with Gasteiger partial charge in [0.15, 0.2) is 5.96 Å². The Hall–Kier alpha value is -0.610. The summed E-state index contributed by atoms with van der Waals surface area (Å²) in [7, 11) is -1.28. The molecule has 1 atom stereocenters. The third-order valence-electron chi connectivity index (χ3n) is 2.78. The topological polar surface area (TPSA) is 83.4 Å². The summed E-state index contributed by atoms with van der Waals surface area (Å²) < 4.78 is 22.3. The minimum Gasteiger partial charge on any atom is -0.354 e. The molecule has 1 unspecified atom stereocenters. The second-order valence-corrected chi connectivity index (χ2v) is 7.53. The van der Waals surface area contributed by atoms with Crippen molar-refractivity contribution in [1.82, 2.24) is 15.6 Å². The summed E-state index contributed by atoms with van der Waals surface area (Å²) in [5, 5.41) is 6.74. The van der Waals surface area contributed by atoms with Gasteiger partial charge < -0.3 is 10.6 Å². The summed E-state index contributed by atoms with van der Waals surface area (Å²) in [5.74, 6) is 0.769. The molecule has 1 aromatic rings. The van der Waals surface area contributed by atoms with Gasteiger partial charge >= 0.3 is 0 Å². The molecule has 0 saturated carbocycles. The summed E-state index contributed by atoms with van der Waals surface area (Å²) in [6.45, 7) is 2.48. The van der Waals surface area contributed by atoms with Crippen molar-refractivity contribution in [3.63, 3.8) is 0 Å². The number of halogens is 2. The maximum Gasteiger partial charge on any atom is 0.191 e. The lowest BCUT2D eigenvalue weighted by Gasteiger charge is -2.17. The zero-order chi connectivity index (χ0) is 15.9. The van der Waals surface area contributed by atoms with Gasteiger partial charge in [-0.1, -0.05) is 17.7 Å². The van der Waals surface area contributed by atoms with Crippen LogP contribution in [0.15, 0.2) is 23.3 Å². The normalized spacial score (nSPS) is 13.2. The van der Waals surface area contributed by atoms with Gasteiger partial charge in [-0.25, -0.2) is 13.4 Å². The zero-order valence-electron chi connectivity index (χ0n) is 12.8. The fourth-order valence-electron chi connectivity index (χ4n) is 1.59. The first-order valence-corrected chi connectivity index (χ1v) is 8.99. The summed E-state index contributed by atoms with van der Waals surface area (Å²) in [6, 6.07) is 3.61. The molecular formula is C13H22ClIN4O2S. The van der Waals surface area contributed by atoms with E-state index in [-0.39, 0.29) is 35.8 Å². The molecule has 0 aliphatic rings. The Morgan fingerprint density at radius 3 is 2.64 bits per heavy atom. The van der Waals surface area contributed by atoms with Crippen molar-refractivity contribution in [3.8, 4) is 0 Å². The molecule has 0 amide bonds. The minimum atomic E-state index is -2.94. The van der Waals surface area contributed by atoms with E-state index >= 15 is 0 Å². The molecule has 1 heterocycles. The largest absolute Gasteiger partial charge is 0.354 e. The Morgan fingerprint density at radius 2 is 2.14 bits per heavy atom. The Balaban J connectivity index is 0.00000441. The fraction of sp³-hybridized carbons (Fsp3) is 0.538. The standard InChI is InChI=1S/C13H21ClN4O2S.HI/c1-10(6-7-21(3,19)20)18-13(15-2)17-9-11-4-5-12(14)16-8-11;/h4-5,8,10H,6-7,9H2,1-3H3,(H2,15,17,18);1H. The molecule has 6 nitrogen and oxygen atoms in total. The first-order valence-electron chi connectivity index (χ1n) is 6.55. The summed E-state index contributed by atoms with van der Waals surface area (Å²) in [4.78, 5) is 8.10. The van der Waals surface area contributed by atoms with Crippen molar-refractivity contribution < 1.29 is 8.42 Å². The van der Waals surface area contributed by atoms with E-state index in [2.05, 4.69) is 20.6 Å². The number of guanidine groups is 1. The van der Waals surface area contributed by atoms with Gasteiger partial charge in [0.25, 0.3) is 0 Å². The number of aliphatic imine (C=N–C) groups is 1. The molecule has 1 rings (SSSR count). The van der Waals surface area contributed by atoms with Crippen LogP contribution in [0.5, 0.6) is 0 Å². The number of hydrogen-bond donors (Lipinski definition) is 2. The molecule has 126 valence electrons. The van der Waals surface area contributed by atoms with Crippen LogP contribution in [0.3, 0.4) is 0 Å². The lowest BCUT2D eigenvalue weighted by Crippen LogP contribution is -2.42. The first-order chi connectivity index (χ1) is 9.80. The lowest BCUT2D eigenvalue weighted by molar-refractivity contribution is 0.581. The average Bonchev–Trinajstić information content (AvgIpc) is 2.42. The van der Waals surface area contributed by atoms with Crippen LogP contribution in [0.1, 0.15) is 18.9 Å².